The third-order valence-corrected chi connectivity index (χ3v) is 6.88. The second kappa shape index (κ2) is 7.29. The Hall–Kier alpha value is -4.44. The van der Waals surface area contributed by atoms with Crippen molar-refractivity contribution in [1.29, 1.82) is 0 Å². The predicted molar refractivity (Wildman–Crippen MR) is 128 cm³/mol. The number of carbonyl (C=O) groups excluding carboxylic acids is 4. The summed E-state index contributed by atoms with van der Waals surface area (Å²) in [6.45, 7) is 0. The molecule has 0 saturated heterocycles. The van der Waals surface area contributed by atoms with Crippen LogP contribution in [0, 0.1) is 5.41 Å². The Labute approximate surface area is 195 Å². The van der Waals surface area contributed by atoms with Gasteiger partial charge in [-0.2, -0.15) is 0 Å². The van der Waals surface area contributed by atoms with E-state index in [1.807, 2.05) is 60.7 Å². The van der Waals surface area contributed by atoms with E-state index in [9.17, 15) is 19.2 Å². The third kappa shape index (κ3) is 2.59. The monoisotopic (exact) mass is 442 g/mol. The molecule has 162 valence electrons. The van der Waals surface area contributed by atoms with E-state index in [1.54, 1.807) is 36.4 Å². The normalized spacial score (nSPS) is 18.8. The third-order valence-electron chi connectivity index (χ3n) is 6.88. The van der Waals surface area contributed by atoms with Gasteiger partial charge in [-0.25, -0.2) is 0 Å². The summed E-state index contributed by atoms with van der Waals surface area (Å²) < 4.78 is 0. The minimum absolute atomic E-state index is 0.133. The fraction of sp³-hybridized carbons (Fsp3) is 0.0667. The molecule has 0 radical (unpaired) electrons. The van der Waals surface area contributed by atoms with Crippen molar-refractivity contribution in [3.63, 3.8) is 0 Å². The van der Waals surface area contributed by atoms with Crippen LogP contribution >= 0.6 is 0 Å². The smallest absolute Gasteiger partial charge is 0.186 e. The molecule has 0 aliphatic heterocycles. The first-order valence-corrected chi connectivity index (χ1v) is 11.1. The molecule has 2 aliphatic rings. The van der Waals surface area contributed by atoms with E-state index in [-0.39, 0.29) is 28.0 Å². The summed E-state index contributed by atoms with van der Waals surface area (Å²) in [7, 11) is 0. The average Bonchev–Trinajstić information content (AvgIpc) is 3.10. The van der Waals surface area contributed by atoms with Crippen molar-refractivity contribution in [2.75, 3.05) is 0 Å². The molecular formula is C30H18O4. The standard InChI is InChI=1S/C30H18O4/c31-24-17-30(27(32)22-15-7-13-20(25(22)24)18-9-3-1-4-10-18)28(33)23-16-8-14-21(26(23)29(30)34)19-11-5-2-6-12-19/h1-16H,17H2. The van der Waals surface area contributed by atoms with Crippen molar-refractivity contribution in [1.82, 2.24) is 0 Å². The highest BCUT2D eigenvalue weighted by Crippen LogP contribution is 2.49. The summed E-state index contributed by atoms with van der Waals surface area (Å²) in [5.74, 6) is -2.13. The SMILES string of the molecule is O=C1CC2(C(=O)c3cccc(-c4ccccc4)c31)C(=O)c1cccc(-c3ccccc3)c1C2=O. The highest BCUT2D eigenvalue weighted by Gasteiger charge is 2.62. The number of Topliss-reactive ketones (excluding diaryl/α,β-unsaturated/α-hetero) is 4. The van der Waals surface area contributed by atoms with Crippen molar-refractivity contribution in [3.8, 4) is 22.3 Å². The van der Waals surface area contributed by atoms with E-state index < -0.39 is 29.2 Å². The molecule has 0 amide bonds. The Balaban J connectivity index is 1.54. The number of hydrogen-bond acceptors (Lipinski definition) is 4. The minimum atomic E-state index is -2.04. The van der Waals surface area contributed by atoms with Crippen LogP contribution in [0.1, 0.15) is 47.9 Å². The topological polar surface area (TPSA) is 68.3 Å². The van der Waals surface area contributed by atoms with Crippen molar-refractivity contribution in [2.45, 2.75) is 6.42 Å². The maximum atomic E-state index is 13.9. The number of fused-ring (bicyclic) bond motifs is 2. The van der Waals surface area contributed by atoms with Gasteiger partial charge in [0.2, 0.25) is 0 Å². The lowest BCUT2D eigenvalue weighted by Crippen LogP contribution is -2.47. The minimum Gasteiger partial charge on any atom is -0.294 e. The van der Waals surface area contributed by atoms with Crippen LogP contribution in [0.2, 0.25) is 0 Å². The van der Waals surface area contributed by atoms with E-state index in [4.69, 9.17) is 0 Å². The summed E-state index contributed by atoms with van der Waals surface area (Å²) in [4.78, 5) is 55.0. The fourth-order valence-corrected chi connectivity index (χ4v) is 5.30. The first kappa shape index (κ1) is 20.2. The molecule has 4 heteroatoms. The summed E-state index contributed by atoms with van der Waals surface area (Å²) >= 11 is 0. The van der Waals surface area contributed by atoms with Gasteiger partial charge in [-0.1, -0.05) is 97.1 Å². The number of ketones is 4. The molecule has 6 rings (SSSR count). The zero-order chi connectivity index (χ0) is 23.4. The maximum absolute atomic E-state index is 13.9. The zero-order valence-corrected chi connectivity index (χ0v) is 18.1. The summed E-state index contributed by atoms with van der Waals surface area (Å²) in [5, 5.41) is 0. The Kier molecular flexibility index (Phi) is 4.33. The van der Waals surface area contributed by atoms with Gasteiger partial charge in [0, 0.05) is 28.7 Å². The Bertz CT molecular complexity index is 1530. The van der Waals surface area contributed by atoms with E-state index in [0.29, 0.717) is 11.1 Å². The van der Waals surface area contributed by atoms with Gasteiger partial charge in [0.25, 0.3) is 0 Å². The molecule has 2 aliphatic carbocycles. The molecule has 4 nitrogen and oxygen atoms in total. The van der Waals surface area contributed by atoms with Crippen LogP contribution in [-0.4, -0.2) is 23.1 Å². The van der Waals surface area contributed by atoms with Gasteiger partial charge in [-0.3, -0.25) is 19.2 Å². The van der Waals surface area contributed by atoms with Crippen LogP contribution in [0.4, 0.5) is 0 Å². The van der Waals surface area contributed by atoms with Gasteiger partial charge in [-0.05, 0) is 22.3 Å². The second-order valence-corrected chi connectivity index (χ2v) is 8.68. The molecule has 1 spiro atoms. The van der Waals surface area contributed by atoms with Crippen LogP contribution in [0.15, 0.2) is 97.1 Å². The lowest BCUT2D eigenvalue weighted by atomic mass is 9.66. The van der Waals surface area contributed by atoms with Crippen molar-refractivity contribution >= 4 is 23.1 Å². The summed E-state index contributed by atoms with van der Waals surface area (Å²) in [6, 6.07) is 28.7. The molecule has 0 saturated carbocycles. The molecule has 0 aromatic heterocycles. The highest BCUT2D eigenvalue weighted by atomic mass is 16.2. The number of rotatable bonds is 2. The van der Waals surface area contributed by atoms with Crippen LogP contribution in [0.25, 0.3) is 22.3 Å². The summed E-state index contributed by atoms with van der Waals surface area (Å²) in [5.41, 5.74) is 1.61. The van der Waals surface area contributed by atoms with Crippen LogP contribution in [-0.2, 0) is 0 Å². The van der Waals surface area contributed by atoms with Crippen molar-refractivity contribution < 1.29 is 19.2 Å². The van der Waals surface area contributed by atoms with E-state index in [2.05, 4.69) is 0 Å². The Morgan fingerprint density at radius 2 is 0.882 bits per heavy atom. The van der Waals surface area contributed by atoms with Crippen LogP contribution in [0.3, 0.4) is 0 Å². The summed E-state index contributed by atoms with van der Waals surface area (Å²) in [6.07, 6.45) is -0.455. The lowest BCUT2D eigenvalue weighted by molar-refractivity contribution is 0.0559. The zero-order valence-electron chi connectivity index (χ0n) is 18.1. The van der Waals surface area contributed by atoms with Crippen molar-refractivity contribution in [2.24, 2.45) is 5.41 Å². The molecule has 1 unspecified atom stereocenters. The van der Waals surface area contributed by atoms with Gasteiger partial charge < -0.3 is 0 Å². The molecule has 1 atom stereocenters. The Morgan fingerprint density at radius 3 is 1.41 bits per heavy atom. The largest absolute Gasteiger partial charge is 0.294 e. The van der Waals surface area contributed by atoms with E-state index in [1.165, 1.54) is 0 Å². The molecule has 0 heterocycles. The number of benzene rings is 4. The molecule has 0 fully saturated rings. The van der Waals surface area contributed by atoms with E-state index in [0.717, 1.165) is 11.1 Å². The van der Waals surface area contributed by atoms with E-state index >= 15 is 0 Å². The lowest BCUT2D eigenvalue weighted by Gasteiger charge is -2.30. The van der Waals surface area contributed by atoms with Gasteiger partial charge in [-0.15, -0.1) is 0 Å². The highest BCUT2D eigenvalue weighted by molar-refractivity contribution is 6.46. The van der Waals surface area contributed by atoms with Crippen molar-refractivity contribution in [3.05, 3.63) is 119 Å². The molecule has 0 N–H and O–H groups in total. The quantitative estimate of drug-likeness (QED) is 0.365. The molecule has 34 heavy (non-hydrogen) atoms. The first-order valence-electron chi connectivity index (χ1n) is 11.1. The molecule has 4 aromatic rings. The Morgan fingerprint density at radius 1 is 0.441 bits per heavy atom. The molecule has 0 bridgehead atoms. The predicted octanol–water partition coefficient (Wildman–Crippen LogP) is 5.86. The first-order chi connectivity index (χ1) is 16.5. The molecular weight excluding hydrogens is 424 g/mol. The molecule has 4 aromatic carbocycles. The number of carbonyl (C=O) groups is 4. The van der Waals surface area contributed by atoms with Gasteiger partial charge in [0.05, 0.1) is 0 Å². The second-order valence-electron chi connectivity index (χ2n) is 8.68. The average molecular weight is 442 g/mol. The van der Waals surface area contributed by atoms with Crippen LogP contribution < -0.4 is 0 Å². The maximum Gasteiger partial charge on any atom is 0.186 e. The fourth-order valence-electron chi connectivity index (χ4n) is 5.30. The van der Waals surface area contributed by atoms with Gasteiger partial charge in [0.1, 0.15) is 0 Å². The van der Waals surface area contributed by atoms with Gasteiger partial charge in [0.15, 0.2) is 28.5 Å². The van der Waals surface area contributed by atoms with Crippen LogP contribution in [0.5, 0.6) is 0 Å². The number of hydrogen-bond donors (Lipinski definition) is 0. The van der Waals surface area contributed by atoms with Gasteiger partial charge >= 0.3 is 0 Å².